The van der Waals surface area contributed by atoms with E-state index in [1.165, 1.54) is 0 Å². The maximum atomic E-state index is 13.3. The number of ether oxygens (including phenoxy) is 2. The van der Waals surface area contributed by atoms with Crippen molar-refractivity contribution in [3.8, 4) is 28.8 Å². The Morgan fingerprint density at radius 2 is 1.87 bits per heavy atom. The summed E-state index contributed by atoms with van der Waals surface area (Å²) in [5, 5.41) is 8.16. The summed E-state index contributed by atoms with van der Waals surface area (Å²) in [6.45, 7) is 4.29. The van der Waals surface area contributed by atoms with E-state index in [0.29, 0.717) is 23.0 Å². The molecule has 0 saturated carbocycles. The molecule has 0 bridgehead atoms. The summed E-state index contributed by atoms with van der Waals surface area (Å²) in [7, 11) is 6.92. The van der Waals surface area contributed by atoms with Gasteiger partial charge in [-0.15, -0.1) is 0 Å². The lowest BCUT2D eigenvalue weighted by molar-refractivity contribution is 0.0946. The normalized spacial score (nSPS) is 11.2. The van der Waals surface area contributed by atoms with Crippen molar-refractivity contribution < 1.29 is 14.3 Å². The molecule has 1 aromatic carbocycles. The van der Waals surface area contributed by atoms with Gasteiger partial charge in [0.05, 0.1) is 31.6 Å². The second kappa shape index (κ2) is 10.0. The Morgan fingerprint density at radius 3 is 2.61 bits per heavy atom. The minimum Gasteiger partial charge on any atom is -0.497 e. The maximum absolute atomic E-state index is 13.3. The van der Waals surface area contributed by atoms with Crippen molar-refractivity contribution >= 4 is 16.8 Å². The van der Waals surface area contributed by atoms with Gasteiger partial charge >= 0.3 is 0 Å². The number of hydrogen-bond donors (Lipinski definition) is 1. The molecule has 11 heteroatoms. The molecule has 0 aliphatic heterocycles. The van der Waals surface area contributed by atoms with E-state index >= 15 is 0 Å². The monoisotopic (exact) mass is 514 g/mol. The van der Waals surface area contributed by atoms with E-state index < -0.39 is 0 Å². The van der Waals surface area contributed by atoms with E-state index in [0.717, 1.165) is 40.2 Å². The number of aromatic nitrogens is 7. The molecular formula is C27H30N8O3. The summed E-state index contributed by atoms with van der Waals surface area (Å²) in [5.41, 5.74) is 3.36. The Bertz CT molecular complexity index is 1650. The van der Waals surface area contributed by atoms with Crippen LogP contribution in [0.3, 0.4) is 0 Å². The number of nitrogens with one attached hydrogen (secondary N) is 1. The molecule has 0 saturated heterocycles. The fourth-order valence-corrected chi connectivity index (χ4v) is 4.48. The first-order valence-corrected chi connectivity index (χ1v) is 12.2. The van der Waals surface area contributed by atoms with Gasteiger partial charge in [0, 0.05) is 56.5 Å². The molecule has 0 radical (unpaired) electrons. The van der Waals surface area contributed by atoms with Crippen LogP contribution < -0.4 is 14.8 Å². The zero-order valence-corrected chi connectivity index (χ0v) is 22.3. The van der Waals surface area contributed by atoms with Crippen LogP contribution in [0.5, 0.6) is 11.5 Å². The number of rotatable bonds is 8. The lowest BCUT2D eigenvalue weighted by Crippen LogP contribution is -2.24. The first-order valence-electron chi connectivity index (χ1n) is 12.2. The third-order valence-electron chi connectivity index (χ3n) is 6.45. The summed E-state index contributed by atoms with van der Waals surface area (Å²) in [5.74, 6) is 3.27. The van der Waals surface area contributed by atoms with E-state index in [1.54, 1.807) is 37.2 Å². The Kier molecular flexibility index (Phi) is 6.58. The van der Waals surface area contributed by atoms with Gasteiger partial charge < -0.3 is 19.4 Å². The molecule has 0 fully saturated rings. The zero-order chi connectivity index (χ0) is 27.0. The van der Waals surface area contributed by atoms with Crippen molar-refractivity contribution in [1.29, 1.82) is 0 Å². The molecule has 0 unspecified atom stereocenters. The van der Waals surface area contributed by atoms with Gasteiger partial charge in [-0.1, -0.05) is 6.92 Å². The predicted molar refractivity (Wildman–Crippen MR) is 143 cm³/mol. The van der Waals surface area contributed by atoms with Crippen molar-refractivity contribution in [3.05, 3.63) is 65.6 Å². The van der Waals surface area contributed by atoms with Crippen molar-refractivity contribution in [2.75, 3.05) is 14.2 Å². The van der Waals surface area contributed by atoms with Gasteiger partial charge in [0.15, 0.2) is 11.6 Å². The lowest BCUT2D eigenvalue weighted by Gasteiger charge is -2.12. The number of carbonyl (C=O) groups excluding carboxylic acids is 1. The molecule has 0 aliphatic rings. The number of methoxy groups -OCH3 is 2. The average Bonchev–Trinajstić information content (AvgIpc) is 3.62. The molecule has 1 amide bonds. The lowest BCUT2D eigenvalue weighted by atomic mass is 10.1. The van der Waals surface area contributed by atoms with Crippen molar-refractivity contribution in [2.24, 2.45) is 14.1 Å². The number of imidazole rings is 2. The van der Waals surface area contributed by atoms with Crippen molar-refractivity contribution in [3.63, 3.8) is 0 Å². The largest absolute Gasteiger partial charge is 0.497 e. The molecular weight excluding hydrogens is 484 g/mol. The number of amides is 1. The van der Waals surface area contributed by atoms with Crippen LogP contribution in [0.2, 0.25) is 0 Å². The summed E-state index contributed by atoms with van der Waals surface area (Å²) in [6, 6.07) is 7.21. The number of carbonyl (C=O) groups is 1. The fraction of sp³-hybridized carbons (Fsp3) is 0.296. The summed E-state index contributed by atoms with van der Waals surface area (Å²) >= 11 is 0. The van der Waals surface area contributed by atoms with Crippen LogP contribution in [-0.2, 0) is 27.1 Å². The molecule has 4 aromatic heterocycles. The third-order valence-corrected chi connectivity index (χ3v) is 6.45. The van der Waals surface area contributed by atoms with Crippen LogP contribution in [0.4, 0.5) is 0 Å². The molecule has 5 aromatic rings. The first kappa shape index (κ1) is 25.0. The van der Waals surface area contributed by atoms with Gasteiger partial charge in [-0.25, -0.2) is 15.0 Å². The molecule has 4 heterocycles. The Morgan fingerprint density at radius 1 is 1.05 bits per heavy atom. The molecule has 0 atom stereocenters. The SMILES string of the molecule is CCc1nc(C)cn1-c1cn(C)c(-c2nc(C(=O)NCc3ccc(OC)cc3OC)cc3c2cnn3C)n1. The fourth-order valence-electron chi connectivity index (χ4n) is 4.48. The Labute approximate surface area is 220 Å². The minimum atomic E-state index is -0.319. The minimum absolute atomic E-state index is 0.263. The number of nitrogens with zero attached hydrogens (tertiary/aromatic N) is 7. The van der Waals surface area contributed by atoms with Crippen LogP contribution in [0.1, 0.15) is 34.5 Å². The summed E-state index contributed by atoms with van der Waals surface area (Å²) in [6.07, 6.45) is 6.42. The Hall–Kier alpha value is -4.67. The number of aryl methyl sites for hydroxylation is 4. The second-order valence-corrected chi connectivity index (χ2v) is 8.97. The summed E-state index contributed by atoms with van der Waals surface area (Å²) < 4.78 is 16.3. The van der Waals surface area contributed by atoms with Gasteiger partial charge in [-0.2, -0.15) is 5.10 Å². The van der Waals surface area contributed by atoms with Gasteiger partial charge in [-0.3, -0.25) is 14.0 Å². The number of pyridine rings is 1. The number of hydrogen-bond acceptors (Lipinski definition) is 7. The highest BCUT2D eigenvalue weighted by atomic mass is 16.5. The van der Waals surface area contributed by atoms with Crippen LogP contribution in [0, 0.1) is 6.92 Å². The van der Waals surface area contributed by atoms with Crippen LogP contribution in [0.15, 0.2) is 42.9 Å². The first-order chi connectivity index (χ1) is 18.3. The smallest absolute Gasteiger partial charge is 0.270 e. The topological polar surface area (TPSA) is 114 Å². The van der Waals surface area contributed by atoms with Crippen LogP contribution in [-0.4, -0.2) is 54.0 Å². The highest BCUT2D eigenvalue weighted by Gasteiger charge is 2.21. The van der Waals surface area contributed by atoms with Gasteiger partial charge in [0.25, 0.3) is 5.91 Å². The molecule has 196 valence electrons. The highest BCUT2D eigenvalue weighted by molar-refractivity contribution is 5.99. The van der Waals surface area contributed by atoms with Crippen molar-refractivity contribution in [2.45, 2.75) is 26.8 Å². The molecule has 5 rings (SSSR count). The van der Waals surface area contributed by atoms with Crippen LogP contribution in [0.25, 0.3) is 28.2 Å². The average molecular weight is 515 g/mol. The summed E-state index contributed by atoms with van der Waals surface area (Å²) in [4.78, 5) is 27.5. The number of fused-ring (bicyclic) bond motifs is 1. The second-order valence-electron chi connectivity index (χ2n) is 8.97. The number of benzene rings is 1. The van der Waals surface area contributed by atoms with Crippen molar-refractivity contribution in [1.82, 2.24) is 39.2 Å². The predicted octanol–water partition coefficient (Wildman–Crippen LogP) is 3.37. The van der Waals surface area contributed by atoms with E-state index in [9.17, 15) is 4.79 Å². The molecule has 0 aliphatic carbocycles. The van der Waals surface area contributed by atoms with E-state index in [-0.39, 0.29) is 18.1 Å². The van der Waals surface area contributed by atoms with E-state index in [2.05, 4.69) is 22.3 Å². The van der Waals surface area contributed by atoms with Gasteiger partial charge in [-0.05, 0) is 25.1 Å². The molecule has 11 nitrogen and oxygen atoms in total. The molecule has 1 N–H and O–H groups in total. The van der Waals surface area contributed by atoms with Gasteiger partial charge in [0.2, 0.25) is 0 Å². The molecule has 0 spiro atoms. The zero-order valence-electron chi connectivity index (χ0n) is 22.3. The standard InChI is InChI=1S/C27H30N8O3/c1-7-23-30-16(2)14-35(23)24-15-33(3)26(32-24)25-19-13-29-34(4)21(19)11-20(31-25)27(36)28-12-17-8-9-18(37-5)10-22(17)38-6/h8-11,13-15H,7,12H2,1-6H3,(H,28,36). The van der Waals surface area contributed by atoms with E-state index in [1.807, 2.05) is 54.7 Å². The highest BCUT2D eigenvalue weighted by Crippen LogP contribution is 2.28. The quantitative estimate of drug-likeness (QED) is 0.338. The van der Waals surface area contributed by atoms with Crippen LogP contribution >= 0.6 is 0 Å². The van der Waals surface area contributed by atoms with Gasteiger partial charge in [0.1, 0.15) is 28.7 Å². The molecule has 38 heavy (non-hydrogen) atoms. The Balaban J connectivity index is 1.51. The third kappa shape index (κ3) is 4.47. The maximum Gasteiger partial charge on any atom is 0.270 e. The van der Waals surface area contributed by atoms with E-state index in [4.69, 9.17) is 19.4 Å².